The molecule has 1 aromatic carbocycles. The highest BCUT2D eigenvalue weighted by atomic mass is 79.9. The highest BCUT2D eigenvalue weighted by molar-refractivity contribution is 9.09. The summed E-state index contributed by atoms with van der Waals surface area (Å²) >= 11 is 3.64. The summed E-state index contributed by atoms with van der Waals surface area (Å²) in [6, 6.07) is 7.88. The number of rotatable bonds is 4. The fourth-order valence-electron chi connectivity index (χ4n) is 2.36. The van der Waals surface area contributed by atoms with Gasteiger partial charge in [-0.05, 0) is 43.9 Å². The van der Waals surface area contributed by atoms with Crippen molar-refractivity contribution in [2.24, 2.45) is 5.92 Å². The second-order valence-electron chi connectivity index (χ2n) is 5.30. The molecule has 0 N–H and O–H groups in total. The summed E-state index contributed by atoms with van der Waals surface area (Å²) in [5, 5.41) is 0. The van der Waals surface area contributed by atoms with Crippen LogP contribution >= 0.6 is 15.9 Å². The molecule has 0 aliphatic carbocycles. The Balaban J connectivity index is 2.13. The Kier molecular flexibility index (Phi) is 4.56. The van der Waals surface area contributed by atoms with Crippen molar-refractivity contribution in [2.75, 3.05) is 11.5 Å². The minimum Gasteiger partial charge on any atom is -0.491 e. The molecule has 2 rings (SSSR count). The van der Waals surface area contributed by atoms with Gasteiger partial charge in [0.15, 0.2) is 9.84 Å². The Morgan fingerprint density at radius 1 is 1.37 bits per heavy atom. The first-order valence-corrected chi connectivity index (χ1v) is 9.22. The molecule has 0 spiro atoms. The number of sulfone groups is 1. The number of halogens is 1. The van der Waals surface area contributed by atoms with Crippen LogP contribution in [0.4, 0.5) is 0 Å². The Bertz CT molecular complexity index is 539. The minimum atomic E-state index is -2.84. The summed E-state index contributed by atoms with van der Waals surface area (Å²) in [6.45, 7) is 3.98. The molecule has 1 aliphatic heterocycles. The van der Waals surface area contributed by atoms with Crippen molar-refractivity contribution >= 4 is 25.8 Å². The molecule has 3 nitrogen and oxygen atoms in total. The van der Waals surface area contributed by atoms with Crippen molar-refractivity contribution in [3.05, 3.63) is 29.8 Å². The molecule has 1 aliphatic rings. The lowest BCUT2D eigenvalue weighted by Gasteiger charge is -2.18. The van der Waals surface area contributed by atoms with Crippen LogP contribution in [0.15, 0.2) is 24.3 Å². The van der Waals surface area contributed by atoms with Gasteiger partial charge in [0.1, 0.15) is 5.75 Å². The first-order valence-electron chi connectivity index (χ1n) is 6.48. The molecule has 5 heteroatoms. The topological polar surface area (TPSA) is 43.4 Å². The minimum absolute atomic E-state index is 0.0699. The van der Waals surface area contributed by atoms with Crippen LogP contribution in [-0.2, 0) is 9.84 Å². The maximum atomic E-state index is 11.5. The number of benzene rings is 1. The van der Waals surface area contributed by atoms with Gasteiger partial charge in [-0.1, -0.05) is 28.1 Å². The molecule has 19 heavy (non-hydrogen) atoms. The second-order valence-corrected chi connectivity index (χ2v) is 8.52. The third-order valence-electron chi connectivity index (χ3n) is 3.23. The molecule has 106 valence electrons. The summed E-state index contributed by atoms with van der Waals surface area (Å²) in [5.41, 5.74) is 1.08. The summed E-state index contributed by atoms with van der Waals surface area (Å²) in [4.78, 5) is 0.0699. The fraction of sp³-hybridized carbons (Fsp3) is 0.571. The van der Waals surface area contributed by atoms with Crippen molar-refractivity contribution in [3.63, 3.8) is 0 Å². The van der Waals surface area contributed by atoms with Gasteiger partial charge in [-0.25, -0.2) is 8.42 Å². The lowest BCUT2D eigenvalue weighted by Crippen LogP contribution is -2.11. The van der Waals surface area contributed by atoms with Crippen molar-refractivity contribution < 1.29 is 13.2 Å². The van der Waals surface area contributed by atoms with Crippen molar-refractivity contribution in [3.8, 4) is 5.75 Å². The van der Waals surface area contributed by atoms with E-state index in [1.165, 1.54) is 0 Å². The highest BCUT2D eigenvalue weighted by Gasteiger charge is 2.33. The van der Waals surface area contributed by atoms with E-state index in [4.69, 9.17) is 4.74 Å². The predicted molar refractivity (Wildman–Crippen MR) is 80.6 cm³/mol. The largest absolute Gasteiger partial charge is 0.491 e. The zero-order valence-electron chi connectivity index (χ0n) is 11.2. The van der Waals surface area contributed by atoms with Crippen LogP contribution in [-0.4, -0.2) is 26.0 Å². The zero-order valence-corrected chi connectivity index (χ0v) is 13.6. The molecule has 2 atom stereocenters. The van der Waals surface area contributed by atoms with Crippen LogP contribution in [0.2, 0.25) is 0 Å². The maximum Gasteiger partial charge on any atom is 0.150 e. The van der Waals surface area contributed by atoms with Gasteiger partial charge in [-0.3, -0.25) is 0 Å². The molecule has 0 saturated carbocycles. The second kappa shape index (κ2) is 5.83. The number of ether oxygens (including phenoxy) is 1. The lowest BCUT2D eigenvalue weighted by molar-refractivity contribution is 0.242. The van der Waals surface area contributed by atoms with Gasteiger partial charge >= 0.3 is 0 Å². The number of alkyl halides is 1. The van der Waals surface area contributed by atoms with Gasteiger partial charge in [-0.2, -0.15) is 0 Å². The zero-order chi connectivity index (χ0) is 14.0. The number of hydrogen-bond donors (Lipinski definition) is 0. The molecule has 0 aromatic heterocycles. The summed E-state index contributed by atoms with van der Waals surface area (Å²) in [5.74, 6) is 1.57. The van der Waals surface area contributed by atoms with Crippen molar-refractivity contribution in [1.82, 2.24) is 0 Å². The molecule has 1 aromatic rings. The van der Waals surface area contributed by atoms with E-state index in [0.717, 1.165) is 17.7 Å². The standard InChI is InChI=1S/C14H19BrO3S/c1-10(2)18-13-5-3-4-11(8-13)14(15)12-6-7-19(16,17)9-12/h3-5,8,10,12,14H,6-7,9H2,1-2H3. The molecule has 0 bridgehead atoms. The van der Waals surface area contributed by atoms with Gasteiger partial charge in [0.25, 0.3) is 0 Å². The van der Waals surface area contributed by atoms with Gasteiger partial charge < -0.3 is 4.74 Å². The summed E-state index contributed by atoms with van der Waals surface area (Å²) in [6.07, 6.45) is 0.865. The Morgan fingerprint density at radius 3 is 2.68 bits per heavy atom. The van der Waals surface area contributed by atoms with Crippen LogP contribution < -0.4 is 4.74 Å². The fourth-order valence-corrected chi connectivity index (χ4v) is 5.18. The van der Waals surface area contributed by atoms with E-state index in [1.807, 2.05) is 38.1 Å². The molecular formula is C14H19BrO3S. The number of hydrogen-bond acceptors (Lipinski definition) is 3. The lowest BCUT2D eigenvalue weighted by atomic mass is 9.98. The van der Waals surface area contributed by atoms with Crippen LogP contribution in [0.1, 0.15) is 30.7 Å². The van der Waals surface area contributed by atoms with E-state index < -0.39 is 9.84 Å². The predicted octanol–water partition coefficient (Wildman–Crippen LogP) is 3.34. The third-order valence-corrected chi connectivity index (χ3v) is 6.30. The molecule has 1 fully saturated rings. The molecule has 1 saturated heterocycles. The monoisotopic (exact) mass is 346 g/mol. The van der Waals surface area contributed by atoms with Crippen LogP contribution in [0, 0.1) is 5.92 Å². The SMILES string of the molecule is CC(C)Oc1cccc(C(Br)C2CCS(=O)(=O)C2)c1. The van der Waals surface area contributed by atoms with Gasteiger partial charge in [0.05, 0.1) is 17.6 Å². The van der Waals surface area contributed by atoms with Gasteiger partial charge in [0.2, 0.25) is 0 Å². The molecule has 1 heterocycles. The first-order chi connectivity index (χ1) is 8.87. The van der Waals surface area contributed by atoms with Gasteiger partial charge in [-0.15, -0.1) is 0 Å². The highest BCUT2D eigenvalue weighted by Crippen LogP contribution is 2.38. The van der Waals surface area contributed by atoms with Crippen LogP contribution in [0.5, 0.6) is 5.75 Å². The Morgan fingerprint density at radius 2 is 2.11 bits per heavy atom. The smallest absolute Gasteiger partial charge is 0.150 e. The van der Waals surface area contributed by atoms with E-state index in [2.05, 4.69) is 15.9 Å². The van der Waals surface area contributed by atoms with E-state index in [0.29, 0.717) is 5.75 Å². The molecule has 0 amide bonds. The third kappa shape index (κ3) is 3.96. The summed E-state index contributed by atoms with van der Waals surface area (Å²) < 4.78 is 28.8. The first kappa shape index (κ1) is 14.9. The van der Waals surface area contributed by atoms with Gasteiger partial charge in [0, 0.05) is 4.83 Å². The Hall–Kier alpha value is -0.550. The molecular weight excluding hydrogens is 328 g/mol. The van der Waals surface area contributed by atoms with E-state index in [-0.39, 0.29) is 22.6 Å². The molecule has 2 unspecified atom stereocenters. The van der Waals surface area contributed by atoms with E-state index in [9.17, 15) is 8.42 Å². The van der Waals surface area contributed by atoms with Crippen molar-refractivity contribution in [2.45, 2.75) is 31.2 Å². The van der Waals surface area contributed by atoms with Crippen molar-refractivity contribution in [1.29, 1.82) is 0 Å². The average molecular weight is 347 g/mol. The quantitative estimate of drug-likeness (QED) is 0.785. The normalized spacial score (nSPS) is 23.5. The van der Waals surface area contributed by atoms with E-state index in [1.54, 1.807) is 0 Å². The van der Waals surface area contributed by atoms with E-state index >= 15 is 0 Å². The maximum absolute atomic E-state index is 11.5. The van der Waals surface area contributed by atoms with Crippen LogP contribution in [0.25, 0.3) is 0 Å². The molecule has 0 radical (unpaired) electrons. The Labute approximate surface area is 123 Å². The van der Waals surface area contributed by atoms with Crippen LogP contribution in [0.3, 0.4) is 0 Å². The average Bonchev–Trinajstić information content (AvgIpc) is 2.68. The summed E-state index contributed by atoms with van der Waals surface area (Å²) in [7, 11) is -2.84.